The quantitative estimate of drug-likeness (QED) is 0.205. The van der Waals surface area contributed by atoms with Gasteiger partial charge in [0, 0.05) is 12.1 Å². The lowest BCUT2D eigenvalue weighted by Crippen LogP contribution is -2.28. The second kappa shape index (κ2) is 12.4. The van der Waals surface area contributed by atoms with Gasteiger partial charge in [-0.1, -0.05) is 24.3 Å². The van der Waals surface area contributed by atoms with E-state index in [1.807, 2.05) is 19.9 Å². The minimum absolute atomic E-state index is 0.0475. The zero-order chi connectivity index (χ0) is 27.2. The van der Waals surface area contributed by atoms with Crippen molar-refractivity contribution in [3.8, 4) is 11.5 Å². The number of carbonyl (C=O) groups excluding carboxylic acids is 1. The second-order valence-corrected chi connectivity index (χ2v) is 10.2. The Bertz CT molecular complexity index is 1440. The third kappa shape index (κ3) is 6.36. The molecule has 1 aliphatic heterocycles. The first-order valence-electron chi connectivity index (χ1n) is 11.8. The molecule has 0 spiro atoms. The summed E-state index contributed by atoms with van der Waals surface area (Å²) in [6.07, 6.45) is 1.76. The van der Waals surface area contributed by atoms with Gasteiger partial charge < -0.3 is 14.6 Å². The van der Waals surface area contributed by atoms with Gasteiger partial charge >= 0.3 is 5.97 Å². The summed E-state index contributed by atoms with van der Waals surface area (Å²) in [4.78, 5) is 31.0. The second-order valence-electron chi connectivity index (χ2n) is 8.05. The number of benzene rings is 3. The summed E-state index contributed by atoms with van der Waals surface area (Å²) in [5.74, 6) is -0.593. The van der Waals surface area contributed by atoms with Gasteiger partial charge in [-0.3, -0.25) is 9.69 Å². The number of amides is 1. The molecule has 1 saturated heterocycles. The number of hydrogen-bond acceptors (Lipinski definition) is 6. The van der Waals surface area contributed by atoms with Crippen LogP contribution in [0.2, 0.25) is 0 Å². The highest BCUT2D eigenvalue weighted by Gasteiger charge is 2.32. The van der Waals surface area contributed by atoms with Crippen LogP contribution >= 0.6 is 34.4 Å². The molecule has 3 aromatic rings. The third-order valence-corrected chi connectivity index (χ3v) is 7.29. The van der Waals surface area contributed by atoms with Crippen molar-refractivity contribution in [2.75, 3.05) is 13.2 Å². The van der Waals surface area contributed by atoms with Gasteiger partial charge in [-0.15, -0.1) is 0 Å². The Morgan fingerprint density at radius 3 is 2.63 bits per heavy atom. The summed E-state index contributed by atoms with van der Waals surface area (Å²) < 4.78 is 26.6. The highest BCUT2D eigenvalue weighted by Crippen LogP contribution is 2.38. The number of carboxylic acids is 1. The van der Waals surface area contributed by atoms with E-state index >= 15 is 0 Å². The molecule has 0 aliphatic carbocycles. The zero-order valence-electron chi connectivity index (χ0n) is 20.6. The number of rotatable bonds is 9. The van der Waals surface area contributed by atoms with Crippen molar-refractivity contribution >= 4 is 63.2 Å². The number of thioether (sulfide) groups is 1. The van der Waals surface area contributed by atoms with Crippen molar-refractivity contribution in [2.45, 2.75) is 20.5 Å². The molecule has 0 saturated carbocycles. The van der Waals surface area contributed by atoms with Crippen LogP contribution in [-0.2, 0) is 11.4 Å². The minimum atomic E-state index is -1.05. The van der Waals surface area contributed by atoms with Crippen LogP contribution in [0.4, 0.5) is 10.1 Å². The standard InChI is InChI=1S/C28H24FIN2O5S/c1-3-32-26(33)24(38-28(32)31-20-10-7-9-18(15-20)27(34)35)14-17-12-22(30)25(23(13-17)36-4-2)37-16-19-8-5-6-11-21(19)29/h5-15H,3-4,16H2,1-2H3,(H,34,35). The lowest BCUT2D eigenvalue weighted by Gasteiger charge is -2.15. The Labute approximate surface area is 237 Å². The molecule has 0 unspecified atom stereocenters. The van der Waals surface area contributed by atoms with Crippen molar-refractivity contribution in [1.82, 2.24) is 4.90 Å². The summed E-state index contributed by atoms with van der Waals surface area (Å²) in [6.45, 7) is 4.56. The minimum Gasteiger partial charge on any atom is -0.490 e. The fraction of sp³-hybridized carbons (Fsp3) is 0.179. The van der Waals surface area contributed by atoms with Gasteiger partial charge in [0.15, 0.2) is 16.7 Å². The van der Waals surface area contributed by atoms with Crippen LogP contribution in [0.5, 0.6) is 11.5 Å². The smallest absolute Gasteiger partial charge is 0.335 e. The number of aliphatic imine (C=N–C) groups is 1. The predicted octanol–water partition coefficient (Wildman–Crippen LogP) is 6.73. The monoisotopic (exact) mass is 646 g/mol. The molecule has 1 heterocycles. The van der Waals surface area contributed by atoms with Crippen LogP contribution in [0.15, 0.2) is 70.6 Å². The lowest BCUT2D eigenvalue weighted by atomic mass is 10.1. The largest absolute Gasteiger partial charge is 0.490 e. The van der Waals surface area contributed by atoms with Gasteiger partial charge in [0.1, 0.15) is 12.4 Å². The predicted molar refractivity (Wildman–Crippen MR) is 155 cm³/mol. The molecule has 1 N–H and O–H groups in total. The van der Waals surface area contributed by atoms with Gasteiger partial charge in [0.05, 0.1) is 26.3 Å². The van der Waals surface area contributed by atoms with Crippen molar-refractivity contribution in [3.63, 3.8) is 0 Å². The average molecular weight is 646 g/mol. The summed E-state index contributed by atoms with van der Waals surface area (Å²) in [7, 11) is 0. The third-order valence-electron chi connectivity index (χ3n) is 5.48. The molecule has 1 fully saturated rings. The Kier molecular flexibility index (Phi) is 9.05. The first kappa shape index (κ1) is 27.6. The molecule has 7 nitrogen and oxygen atoms in total. The molecule has 3 aromatic carbocycles. The van der Waals surface area contributed by atoms with Crippen LogP contribution in [0, 0.1) is 9.39 Å². The SMILES string of the molecule is CCOc1cc(C=C2SC(=Nc3cccc(C(=O)O)c3)N(CC)C2=O)cc(I)c1OCc1ccccc1F. The van der Waals surface area contributed by atoms with Crippen molar-refractivity contribution in [3.05, 3.63) is 91.6 Å². The fourth-order valence-electron chi connectivity index (χ4n) is 3.68. The maximum absolute atomic E-state index is 14.1. The van der Waals surface area contributed by atoms with E-state index in [2.05, 4.69) is 27.6 Å². The summed E-state index contributed by atoms with van der Waals surface area (Å²) >= 11 is 3.35. The first-order valence-corrected chi connectivity index (χ1v) is 13.7. The highest BCUT2D eigenvalue weighted by molar-refractivity contribution is 14.1. The normalized spacial score (nSPS) is 15.4. The Morgan fingerprint density at radius 2 is 1.92 bits per heavy atom. The molecule has 4 rings (SSSR count). The van der Waals surface area contributed by atoms with Crippen molar-refractivity contribution in [2.24, 2.45) is 4.99 Å². The van der Waals surface area contributed by atoms with E-state index in [0.29, 0.717) is 46.0 Å². The van der Waals surface area contributed by atoms with Gasteiger partial charge in [-0.05, 0) is 96.2 Å². The maximum atomic E-state index is 14.1. The van der Waals surface area contributed by atoms with E-state index in [-0.39, 0.29) is 23.9 Å². The number of hydrogen-bond donors (Lipinski definition) is 1. The Morgan fingerprint density at radius 1 is 1.13 bits per heavy atom. The topological polar surface area (TPSA) is 88.4 Å². The molecule has 0 aromatic heterocycles. The van der Waals surface area contributed by atoms with E-state index in [0.717, 1.165) is 9.13 Å². The van der Waals surface area contributed by atoms with Gasteiger partial charge in [-0.2, -0.15) is 0 Å². The number of ether oxygens (including phenoxy) is 2. The van der Waals surface area contributed by atoms with Gasteiger partial charge in [0.2, 0.25) is 0 Å². The summed E-state index contributed by atoms with van der Waals surface area (Å²) in [5.41, 5.74) is 1.74. The van der Waals surface area contributed by atoms with Crippen molar-refractivity contribution < 1.29 is 28.6 Å². The molecule has 1 amide bonds. The number of halogens is 2. The molecular formula is C28H24FIN2O5S. The zero-order valence-corrected chi connectivity index (χ0v) is 23.6. The molecule has 196 valence electrons. The Balaban J connectivity index is 1.62. The van der Waals surface area contributed by atoms with Crippen LogP contribution in [0.3, 0.4) is 0 Å². The van der Waals surface area contributed by atoms with E-state index < -0.39 is 5.97 Å². The average Bonchev–Trinajstić information content (AvgIpc) is 3.18. The fourth-order valence-corrected chi connectivity index (χ4v) is 5.52. The molecule has 1 aliphatic rings. The highest BCUT2D eigenvalue weighted by atomic mass is 127. The maximum Gasteiger partial charge on any atom is 0.335 e. The van der Waals surface area contributed by atoms with E-state index in [9.17, 15) is 19.1 Å². The van der Waals surface area contributed by atoms with E-state index in [1.54, 1.807) is 47.4 Å². The van der Waals surface area contributed by atoms with Crippen molar-refractivity contribution in [1.29, 1.82) is 0 Å². The van der Waals surface area contributed by atoms with E-state index in [4.69, 9.17) is 9.47 Å². The molecule has 38 heavy (non-hydrogen) atoms. The number of carbonyl (C=O) groups is 2. The lowest BCUT2D eigenvalue weighted by molar-refractivity contribution is -0.122. The summed E-state index contributed by atoms with van der Waals surface area (Å²) in [5, 5.41) is 9.73. The van der Waals surface area contributed by atoms with Crippen LogP contribution < -0.4 is 9.47 Å². The molecule has 10 heteroatoms. The molecule has 0 radical (unpaired) electrons. The van der Waals surface area contributed by atoms with Gasteiger partial charge in [-0.25, -0.2) is 14.2 Å². The number of carboxylic acid groups (broad SMARTS) is 1. The van der Waals surface area contributed by atoms with Crippen LogP contribution in [0.25, 0.3) is 6.08 Å². The first-order chi connectivity index (χ1) is 18.3. The van der Waals surface area contributed by atoms with Gasteiger partial charge in [0.25, 0.3) is 5.91 Å². The Hall–Kier alpha value is -3.38. The number of aromatic carboxylic acids is 1. The number of likely N-dealkylation sites (N-methyl/N-ethyl adjacent to an activating group) is 1. The van der Waals surface area contributed by atoms with E-state index in [1.165, 1.54) is 30.0 Å². The molecule has 0 bridgehead atoms. The molecular weight excluding hydrogens is 622 g/mol. The van der Waals surface area contributed by atoms with Crippen LogP contribution in [0.1, 0.15) is 35.3 Å². The number of nitrogens with zero attached hydrogens (tertiary/aromatic N) is 2. The molecule has 0 atom stereocenters. The summed E-state index contributed by atoms with van der Waals surface area (Å²) in [6, 6.07) is 16.3. The van der Waals surface area contributed by atoms with Crippen LogP contribution in [-0.4, -0.2) is 40.2 Å². The number of amidine groups is 1.